The first kappa shape index (κ1) is 10.6. The molecule has 1 heterocycles. The van der Waals surface area contributed by atoms with Crippen LogP contribution < -0.4 is 5.32 Å². The second-order valence-corrected chi connectivity index (χ2v) is 4.26. The Labute approximate surface area is 90.7 Å². The normalized spacial score (nSPS) is 20.8. The molecule has 0 bridgehead atoms. The minimum Gasteiger partial charge on any atom is -0.314 e. The Bertz CT molecular complexity index is 329. The van der Waals surface area contributed by atoms with E-state index in [4.69, 9.17) is 0 Å². The second kappa shape index (κ2) is 4.75. The molecule has 15 heavy (non-hydrogen) atoms. The van der Waals surface area contributed by atoms with E-state index in [2.05, 4.69) is 12.2 Å². The van der Waals surface area contributed by atoms with Gasteiger partial charge in [-0.15, -0.1) is 0 Å². The summed E-state index contributed by atoms with van der Waals surface area (Å²) in [6, 6.07) is 5.72. The van der Waals surface area contributed by atoms with Gasteiger partial charge in [-0.25, -0.2) is 4.39 Å². The summed E-state index contributed by atoms with van der Waals surface area (Å²) in [5.41, 5.74) is 2.46. The van der Waals surface area contributed by atoms with Crippen LogP contribution in [0.25, 0.3) is 0 Å². The molecule has 2 heteroatoms. The highest BCUT2D eigenvalue weighted by molar-refractivity contribution is 5.28. The first-order valence-corrected chi connectivity index (χ1v) is 5.80. The summed E-state index contributed by atoms with van der Waals surface area (Å²) < 4.78 is 13.1. The number of halogens is 1. The van der Waals surface area contributed by atoms with Gasteiger partial charge in [0.25, 0.3) is 0 Å². The summed E-state index contributed by atoms with van der Waals surface area (Å²) in [6.45, 7) is 3.24. The van der Waals surface area contributed by atoms with Gasteiger partial charge in [-0.2, -0.15) is 0 Å². The maximum Gasteiger partial charge on any atom is 0.123 e. The zero-order chi connectivity index (χ0) is 10.7. The van der Waals surface area contributed by atoms with Crippen LogP contribution in [0.1, 0.15) is 30.9 Å². The highest BCUT2D eigenvalue weighted by Gasteiger charge is 2.15. The molecule has 1 aromatic carbocycles. The minimum absolute atomic E-state index is 0.111. The smallest absolute Gasteiger partial charge is 0.123 e. The third kappa shape index (κ3) is 2.57. The van der Waals surface area contributed by atoms with Crippen LogP contribution in [-0.4, -0.2) is 12.6 Å². The topological polar surface area (TPSA) is 12.0 Å². The zero-order valence-corrected chi connectivity index (χ0v) is 9.22. The maximum atomic E-state index is 13.1. The van der Waals surface area contributed by atoms with Crippen molar-refractivity contribution in [3.05, 3.63) is 35.1 Å². The summed E-state index contributed by atoms with van der Waals surface area (Å²) in [7, 11) is 0. The van der Waals surface area contributed by atoms with Crippen molar-refractivity contribution in [3.8, 4) is 0 Å². The first-order chi connectivity index (χ1) is 7.29. The second-order valence-electron chi connectivity index (χ2n) is 4.26. The average Bonchev–Trinajstić information content (AvgIpc) is 2.71. The van der Waals surface area contributed by atoms with Crippen molar-refractivity contribution in [3.63, 3.8) is 0 Å². The number of hydrogen-bond acceptors (Lipinski definition) is 1. The van der Waals surface area contributed by atoms with Crippen molar-refractivity contribution in [1.82, 2.24) is 5.32 Å². The molecule has 1 nitrogen and oxygen atoms in total. The zero-order valence-electron chi connectivity index (χ0n) is 9.22. The molecule has 0 amide bonds. The van der Waals surface area contributed by atoms with E-state index in [0.717, 1.165) is 19.4 Å². The molecule has 0 saturated carbocycles. The highest BCUT2D eigenvalue weighted by atomic mass is 19.1. The highest BCUT2D eigenvalue weighted by Crippen LogP contribution is 2.17. The molecule has 82 valence electrons. The Balaban J connectivity index is 2.14. The van der Waals surface area contributed by atoms with Crippen molar-refractivity contribution in [2.75, 3.05) is 6.54 Å². The van der Waals surface area contributed by atoms with E-state index in [1.54, 1.807) is 12.1 Å². The predicted molar refractivity (Wildman–Crippen MR) is 60.5 cm³/mol. The molecule has 1 aromatic rings. The Hall–Kier alpha value is -0.890. The largest absolute Gasteiger partial charge is 0.314 e. The van der Waals surface area contributed by atoms with Crippen LogP contribution in [0.5, 0.6) is 0 Å². The molecular weight excluding hydrogens is 189 g/mol. The molecule has 1 fully saturated rings. The van der Waals surface area contributed by atoms with E-state index >= 15 is 0 Å². The van der Waals surface area contributed by atoms with Gasteiger partial charge in [-0.05, 0) is 55.5 Å². The SMILES string of the molecule is CCc1ccc(F)cc1CC1CCCN1. The standard InChI is InChI=1S/C13H18FN/c1-2-10-5-6-12(14)8-11(10)9-13-4-3-7-15-13/h5-6,8,13,15H,2-4,7,9H2,1H3. The summed E-state index contributed by atoms with van der Waals surface area (Å²) in [5.74, 6) is -0.111. The number of benzene rings is 1. The Morgan fingerprint density at radius 2 is 2.27 bits per heavy atom. The van der Waals surface area contributed by atoms with Crippen molar-refractivity contribution >= 4 is 0 Å². The van der Waals surface area contributed by atoms with Crippen LogP contribution in [0.2, 0.25) is 0 Å². The molecule has 1 atom stereocenters. The minimum atomic E-state index is -0.111. The molecule has 1 aliphatic rings. The van der Waals surface area contributed by atoms with Crippen LogP contribution >= 0.6 is 0 Å². The third-order valence-corrected chi connectivity index (χ3v) is 3.18. The lowest BCUT2D eigenvalue weighted by Gasteiger charge is -2.13. The summed E-state index contributed by atoms with van der Waals surface area (Å²) in [6.07, 6.45) is 4.43. The van der Waals surface area contributed by atoms with Crippen molar-refractivity contribution in [2.45, 2.75) is 38.6 Å². The van der Waals surface area contributed by atoms with Gasteiger partial charge < -0.3 is 5.32 Å². The summed E-state index contributed by atoms with van der Waals surface area (Å²) in [5, 5.41) is 3.45. The lowest BCUT2D eigenvalue weighted by atomic mass is 9.98. The van der Waals surface area contributed by atoms with Gasteiger partial charge in [0.2, 0.25) is 0 Å². The fourth-order valence-electron chi connectivity index (χ4n) is 2.33. The summed E-state index contributed by atoms with van der Waals surface area (Å²) >= 11 is 0. The quantitative estimate of drug-likeness (QED) is 0.803. The van der Waals surface area contributed by atoms with Crippen molar-refractivity contribution in [2.24, 2.45) is 0 Å². The Kier molecular flexibility index (Phi) is 3.37. The van der Waals surface area contributed by atoms with E-state index in [-0.39, 0.29) is 5.82 Å². The molecule has 1 aliphatic heterocycles. The van der Waals surface area contributed by atoms with Crippen molar-refractivity contribution < 1.29 is 4.39 Å². The van der Waals surface area contributed by atoms with Crippen LogP contribution in [-0.2, 0) is 12.8 Å². The van der Waals surface area contributed by atoms with Gasteiger partial charge in [-0.1, -0.05) is 13.0 Å². The monoisotopic (exact) mass is 207 g/mol. The lowest BCUT2D eigenvalue weighted by Crippen LogP contribution is -2.24. The predicted octanol–water partition coefficient (Wildman–Crippen LogP) is 2.68. The fourth-order valence-corrected chi connectivity index (χ4v) is 2.33. The summed E-state index contributed by atoms with van der Waals surface area (Å²) in [4.78, 5) is 0. The van der Waals surface area contributed by atoms with E-state index in [1.807, 2.05) is 6.07 Å². The van der Waals surface area contributed by atoms with Gasteiger partial charge >= 0.3 is 0 Å². The maximum absolute atomic E-state index is 13.1. The van der Waals surface area contributed by atoms with Gasteiger partial charge in [0.15, 0.2) is 0 Å². The fraction of sp³-hybridized carbons (Fsp3) is 0.538. The lowest BCUT2D eigenvalue weighted by molar-refractivity contribution is 0.590. The first-order valence-electron chi connectivity index (χ1n) is 5.80. The number of hydrogen-bond donors (Lipinski definition) is 1. The molecule has 0 spiro atoms. The Morgan fingerprint density at radius 3 is 2.93 bits per heavy atom. The molecular formula is C13H18FN. The van der Waals surface area contributed by atoms with Gasteiger partial charge in [0, 0.05) is 6.04 Å². The van der Waals surface area contributed by atoms with E-state index < -0.39 is 0 Å². The van der Waals surface area contributed by atoms with Crippen LogP contribution in [0.4, 0.5) is 4.39 Å². The van der Waals surface area contributed by atoms with E-state index in [9.17, 15) is 4.39 Å². The van der Waals surface area contributed by atoms with E-state index in [0.29, 0.717) is 6.04 Å². The van der Waals surface area contributed by atoms with Crippen molar-refractivity contribution in [1.29, 1.82) is 0 Å². The van der Waals surface area contributed by atoms with E-state index in [1.165, 1.54) is 24.0 Å². The van der Waals surface area contributed by atoms with Crippen LogP contribution in [0.3, 0.4) is 0 Å². The van der Waals surface area contributed by atoms with Gasteiger partial charge in [-0.3, -0.25) is 0 Å². The van der Waals surface area contributed by atoms with Gasteiger partial charge in [0.1, 0.15) is 5.82 Å². The number of aryl methyl sites for hydroxylation is 1. The Morgan fingerprint density at radius 1 is 1.40 bits per heavy atom. The molecule has 0 aliphatic carbocycles. The molecule has 1 unspecified atom stereocenters. The molecule has 0 radical (unpaired) electrons. The molecule has 1 N–H and O–H groups in total. The average molecular weight is 207 g/mol. The third-order valence-electron chi connectivity index (χ3n) is 3.18. The van der Waals surface area contributed by atoms with Crippen LogP contribution in [0, 0.1) is 5.82 Å². The number of rotatable bonds is 3. The number of nitrogens with one attached hydrogen (secondary N) is 1. The molecule has 0 aromatic heterocycles. The molecule has 2 rings (SSSR count). The van der Waals surface area contributed by atoms with Gasteiger partial charge in [0.05, 0.1) is 0 Å². The van der Waals surface area contributed by atoms with Crippen LogP contribution in [0.15, 0.2) is 18.2 Å². The molecule has 1 saturated heterocycles.